The molecule has 1 aliphatic carbocycles. The third-order valence-electron chi connectivity index (χ3n) is 3.98. The van der Waals surface area contributed by atoms with Crippen LogP contribution in [0.1, 0.15) is 25.7 Å². The number of nitrogens with two attached hydrogens (primary N) is 1. The monoisotopic (exact) mass is 228 g/mol. The summed E-state index contributed by atoms with van der Waals surface area (Å²) in [5.74, 6) is 0.445. The Hall–Kier alpha value is -0.160. The molecule has 1 saturated carbocycles. The van der Waals surface area contributed by atoms with E-state index in [1.165, 1.54) is 19.3 Å². The van der Waals surface area contributed by atoms with Gasteiger partial charge < -0.3 is 15.6 Å². The fourth-order valence-electron chi connectivity index (χ4n) is 2.61. The Labute approximate surface area is 97.7 Å². The highest BCUT2D eigenvalue weighted by molar-refractivity contribution is 4.85. The van der Waals surface area contributed by atoms with Gasteiger partial charge in [0.25, 0.3) is 0 Å². The van der Waals surface area contributed by atoms with Gasteiger partial charge in [0.2, 0.25) is 0 Å². The van der Waals surface area contributed by atoms with Crippen LogP contribution in [0.4, 0.5) is 0 Å². The quantitative estimate of drug-likeness (QED) is 0.705. The normalized spacial score (nSPS) is 31.7. The van der Waals surface area contributed by atoms with Gasteiger partial charge in [-0.3, -0.25) is 4.90 Å². The number of ether oxygens (including phenoxy) is 1. The summed E-state index contributed by atoms with van der Waals surface area (Å²) in [4.78, 5) is 2.41. The molecular formula is C12H24N2O2. The highest BCUT2D eigenvalue weighted by Gasteiger charge is 2.30. The Bertz CT molecular complexity index is 209. The average molecular weight is 228 g/mol. The van der Waals surface area contributed by atoms with Crippen molar-refractivity contribution in [3.05, 3.63) is 0 Å². The van der Waals surface area contributed by atoms with Crippen molar-refractivity contribution in [3.8, 4) is 0 Å². The fraction of sp³-hybridized carbons (Fsp3) is 1.00. The Morgan fingerprint density at radius 2 is 2.12 bits per heavy atom. The molecule has 0 amide bonds. The van der Waals surface area contributed by atoms with E-state index in [9.17, 15) is 0 Å². The van der Waals surface area contributed by atoms with E-state index in [0.717, 1.165) is 32.7 Å². The largest absolute Gasteiger partial charge is 0.395 e. The van der Waals surface area contributed by atoms with E-state index in [-0.39, 0.29) is 12.6 Å². The van der Waals surface area contributed by atoms with Crippen LogP contribution in [0.2, 0.25) is 0 Å². The molecule has 0 aromatic heterocycles. The van der Waals surface area contributed by atoms with Crippen LogP contribution in [0.15, 0.2) is 0 Å². The number of nitrogens with zero attached hydrogens (tertiary/aromatic N) is 1. The van der Waals surface area contributed by atoms with Crippen molar-refractivity contribution in [3.63, 3.8) is 0 Å². The van der Waals surface area contributed by atoms with Crippen LogP contribution in [0, 0.1) is 5.92 Å². The third kappa shape index (κ3) is 2.94. The van der Waals surface area contributed by atoms with Gasteiger partial charge in [-0.05, 0) is 19.3 Å². The molecule has 2 unspecified atom stereocenters. The second kappa shape index (κ2) is 5.96. The standard InChI is InChI=1S/C12H24N2O2/c13-12-4-7-16-9-10(12)8-14(5-6-15)11-2-1-3-11/h10-12,15H,1-9,13H2. The second-order valence-electron chi connectivity index (χ2n) is 5.09. The lowest BCUT2D eigenvalue weighted by molar-refractivity contribution is 0.00627. The maximum absolute atomic E-state index is 9.10. The molecule has 1 aliphatic heterocycles. The van der Waals surface area contributed by atoms with Gasteiger partial charge in [-0.15, -0.1) is 0 Å². The predicted molar refractivity (Wildman–Crippen MR) is 63.2 cm³/mol. The predicted octanol–water partition coefficient (Wildman–Crippen LogP) is 0.197. The summed E-state index contributed by atoms with van der Waals surface area (Å²) in [5.41, 5.74) is 6.11. The lowest BCUT2D eigenvalue weighted by atomic mass is 9.89. The Kier molecular flexibility index (Phi) is 4.58. The van der Waals surface area contributed by atoms with E-state index in [0.29, 0.717) is 12.0 Å². The SMILES string of the molecule is NC1CCOCC1CN(CCO)C1CCC1. The lowest BCUT2D eigenvalue weighted by Crippen LogP contribution is -2.50. The highest BCUT2D eigenvalue weighted by Crippen LogP contribution is 2.26. The summed E-state index contributed by atoms with van der Waals surface area (Å²) < 4.78 is 5.49. The number of rotatable bonds is 5. The Morgan fingerprint density at radius 3 is 2.69 bits per heavy atom. The van der Waals surface area contributed by atoms with E-state index in [2.05, 4.69) is 4.90 Å². The molecule has 1 saturated heterocycles. The van der Waals surface area contributed by atoms with E-state index >= 15 is 0 Å². The third-order valence-corrected chi connectivity index (χ3v) is 3.98. The summed E-state index contributed by atoms with van der Waals surface area (Å²) in [5, 5.41) is 9.10. The van der Waals surface area contributed by atoms with E-state index < -0.39 is 0 Å². The van der Waals surface area contributed by atoms with E-state index in [1.807, 2.05) is 0 Å². The van der Waals surface area contributed by atoms with Gasteiger partial charge in [0, 0.05) is 37.7 Å². The summed E-state index contributed by atoms with van der Waals surface area (Å²) in [6.07, 6.45) is 4.87. The Balaban J connectivity index is 1.83. The van der Waals surface area contributed by atoms with Gasteiger partial charge in [-0.2, -0.15) is 0 Å². The minimum atomic E-state index is 0.249. The van der Waals surface area contributed by atoms with Crippen LogP contribution in [0.5, 0.6) is 0 Å². The number of aliphatic hydroxyl groups is 1. The van der Waals surface area contributed by atoms with Crippen LogP contribution in [-0.2, 0) is 4.74 Å². The zero-order valence-electron chi connectivity index (χ0n) is 9.98. The molecule has 2 rings (SSSR count). The molecule has 1 heterocycles. The molecule has 0 aromatic rings. The first-order chi connectivity index (χ1) is 7.81. The van der Waals surface area contributed by atoms with Gasteiger partial charge in [0.15, 0.2) is 0 Å². The maximum Gasteiger partial charge on any atom is 0.0558 e. The molecule has 4 nitrogen and oxygen atoms in total. The van der Waals surface area contributed by atoms with E-state index in [1.54, 1.807) is 0 Å². The molecule has 0 bridgehead atoms. The first kappa shape index (κ1) is 12.3. The molecule has 2 atom stereocenters. The minimum Gasteiger partial charge on any atom is -0.395 e. The molecule has 4 heteroatoms. The van der Waals surface area contributed by atoms with Crippen LogP contribution >= 0.6 is 0 Å². The zero-order chi connectivity index (χ0) is 11.4. The number of hydrogen-bond acceptors (Lipinski definition) is 4. The number of hydrogen-bond donors (Lipinski definition) is 2. The van der Waals surface area contributed by atoms with Gasteiger partial charge in [0.05, 0.1) is 13.2 Å². The lowest BCUT2D eigenvalue weighted by Gasteiger charge is -2.41. The van der Waals surface area contributed by atoms with Gasteiger partial charge in [-0.1, -0.05) is 6.42 Å². The summed E-state index contributed by atoms with van der Waals surface area (Å²) in [7, 11) is 0. The summed E-state index contributed by atoms with van der Waals surface area (Å²) in [6.45, 7) is 3.62. The van der Waals surface area contributed by atoms with Crippen molar-refractivity contribution >= 4 is 0 Å². The molecule has 16 heavy (non-hydrogen) atoms. The molecular weight excluding hydrogens is 204 g/mol. The van der Waals surface area contributed by atoms with Crippen LogP contribution in [0.25, 0.3) is 0 Å². The Morgan fingerprint density at radius 1 is 1.31 bits per heavy atom. The fourth-order valence-corrected chi connectivity index (χ4v) is 2.61. The average Bonchev–Trinajstić information content (AvgIpc) is 2.19. The highest BCUT2D eigenvalue weighted by atomic mass is 16.5. The topological polar surface area (TPSA) is 58.7 Å². The summed E-state index contributed by atoms with van der Waals surface area (Å²) in [6, 6.07) is 0.955. The van der Waals surface area contributed by atoms with Gasteiger partial charge in [0.1, 0.15) is 0 Å². The maximum atomic E-state index is 9.10. The first-order valence-corrected chi connectivity index (χ1v) is 6.49. The van der Waals surface area contributed by atoms with E-state index in [4.69, 9.17) is 15.6 Å². The first-order valence-electron chi connectivity index (χ1n) is 6.49. The molecule has 0 radical (unpaired) electrons. The van der Waals surface area contributed by atoms with Crippen LogP contribution in [0.3, 0.4) is 0 Å². The smallest absolute Gasteiger partial charge is 0.0558 e. The minimum absolute atomic E-state index is 0.249. The molecule has 2 aliphatic rings. The molecule has 94 valence electrons. The zero-order valence-corrected chi connectivity index (χ0v) is 9.98. The molecule has 0 aromatic carbocycles. The van der Waals surface area contributed by atoms with Crippen molar-refractivity contribution in [2.24, 2.45) is 11.7 Å². The molecule has 2 fully saturated rings. The summed E-state index contributed by atoms with van der Waals surface area (Å²) >= 11 is 0. The van der Waals surface area contributed by atoms with Crippen molar-refractivity contribution in [1.82, 2.24) is 4.90 Å². The van der Waals surface area contributed by atoms with Crippen molar-refractivity contribution < 1.29 is 9.84 Å². The van der Waals surface area contributed by atoms with Crippen LogP contribution < -0.4 is 5.73 Å². The van der Waals surface area contributed by atoms with Crippen molar-refractivity contribution in [2.75, 3.05) is 32.9 Å². The number of aliphatic hydroxyl groups excluding tert-OH is 1. The van der Waals surface area contributed by atoms with Crippen molar-refractivity contribution in [1.29, 1.82) is 0 Å². The van der Waals surface area contributed by atoms with Crippen molar-refractivity contribution in [2.45, 2.75) is 37.8 Å². The second-order valence-corrected chi connectivity index (χ2v) is 5.09. The van der Waals surface area contributed by atoms with Crippen LogP contribution in [-0.4, -0.2) is 55.0 Å². The van der Waals surface area contributed by atoms with Gasteiger partial charge >= 0.3 is 0 Å². The molecule has 0 spiro atoms. The molecule has 3 N–H and O–H groups in total. The van der Waals surface area contributed by atoms with Gasteiger partial charge in [-0.25, -0.2) is 0 Å².